The quantitative estimate of drug-likeness (QED) is 0.666. The van der Waals surface area contributed by atoms with Crippen LogP contribution in [0.25, 0.3) is 0 Å². The summed E-state index contributed by atoms with van der Waals surface area (Å²) in [4.78, 5) is 0. The first-order chi connectivity index (χ1) is 11.4. The van der Waals surface area contributed by atoms with Crippen LogP contribution in [0.2, 0.25) is 0 Å². The van der Waals surface area contributed by atoms with Crippen molar-refractivity contribution >= 4 is 23.0 Å². The Morgan fingerprint density at radius 2 is 1.58 bits per heavy atom. The molecule has 0 aliphatic heterocycles. The predicted octanol–water partition coefficient (Wildman–Crippen LogP) is 5.86. The predicted molar refractivity (Wildman–Crippen MR) is 109 cm³/mol. The van der Waals surface area contributed by atoms with Crippen LogP contribution in [0.4, 0.5) is 5.69 Å². The fraction of sp³-hybridized carbons (Fsp3) is 0.381. The number of benzene rings is 2. The molecule has 0 amide bonds. The summed E-state index contributed by atoms with van der Waals surface area (Å²) in [7, 11) is 0. The highest BCUT2D eigenvalue weighted by atomic mass is 32.1. The SMILES string of the molecule is CC[C@@H](NC(=S)Nc1ccc(C(C)C)cc1)c1ccc(C)c(C)c1. The fourth-order valence-corrected chi connectivity index (χ4v) is 2.94. The minimum absolute atomic E-state index is 0.222. The van der Waals surface area contributed by atoms with Crippen LogP contribution in [-0.4, -0.2) is 5.11 Å². The Hall–Kier alpha value is -1.87. The molecule has 0 aromatic heterocycles. The monoisotopic (exact) mass is 340 g/mol. The molecule has 2 N–H and O–H groups in total. The van der Waals surface area contributed by atoms with E-state index in [2.05, 4.69) is 87.7 Å². The molecule has 0 bridgehead atoms. The number of nitrogens with one attached hydrogen (secondary N) is 2. The molecule has 2 aromatic carbocycles. The molecule has 2 nitrogen and oxygen atoms in total. The van der Waals surface area contributed by atoms with E-state index in [9.17, 15) is 0 Å². The van der Waals surface area contributed by atoms with Gasteiger partial charge in [0, 0.05) is 5.69 Å². The number of thiocarbonyl (C=S) groups is 1. The van der Waals surface area contributed by atoms with Crippen molar-refractivity contribution in [3.8, 4) is 0 Å². The average molecular weight is 341 g/mol. The van der Waals surface area contributed by atoms with Gasteiger partial charge in [-0.25, -0.2) is 0 Å². The summed E-state index contributed by atoms with van der Waals surface area (Å²) in [5.41, 5.74) is 6.27. The van der Waals surface area contributed by atoms with Gasteiger partial charge in [-0.15, -0.1) is 0 Å². The number of hydrogen-bond donors (Lipinski definition) is 2. The molecule has 24 heavy (non-hydrogen) atoms. The number of aryl methyl sites for hydroxylation is 2. The summed E-state index contributed by atoms with van der Waals surface area (Å²) in [6, 6.07) is 15.3. The lowest BCUT2D eigenvalue weighted by Gasteiger charge is -2.21. The van der Waals surface area contributed by atoms with Gasteiger partial charge in [-0.05, 0) is 72.8 Å². The Balaban J connectivity index is 2.02. The molecule has 0 fully saturated rings. The summed E-state index contributed by atoms with van der Waals surface area (Å²) in [6.07, 6.45) is 0.983. The van der Waals surface area contributed by atoms with Gasteiger partial charge in [0.15, 0.2) is 5.11 Å². The molecule has 0 aliphatic carbocycles. The van der Waals surface area contributed by atoms with Crippen molar-refractivity contribution in [1.82, 2.24) is 5.32 Å². The summed E-state index contributed by atoms with van der Waals surface area (Å²) >= 11 is 5.50. The largest absolute Gasteiger partial charge is 0.356 e. The van der Waals surface area contributed by atoms with E-state index in [-0.39, 0.29) is 6.04 Å². The highest BCUT2D eigenvalue weighted by Gasteiger charge is 2.11. The number of anilines is 1. The van der Waals surface area contributed by atoms with Gasteiger partial charge in [-0.2, -0.15) is 0 Å². The molecule has 0 saturated carbocycles. The Kier molecular flexibility index (Phi) is 6.38. The summed E-state index contributed by atoms with van der Waals surface area (Å²) < 4.78 is 0. The van der Waals surface area contributed by atoms with Crippen LogP contribution >= 0.6 is 12.2 Å². The van der Waals surface area contributed by atoms with Gasteiger partial charge in [0.1, 0.15) is 0 Å². The van der Waals surface area contributed by atoms with Crippen molar-refractivity contribution in [2.75, 3.05) is 5.32 Å². The second-order valence-electron chi connectivity index (χ2n) is 6.68. The second kappa shape index (κ2) is 8.29. The lowest BCUT2D eigenvalue weighted by Crippen LogP contribution is -2.32. The third kappa shape index (κ3) is 4.81. The maximum atomic E-state index is 5.50. The molecule has 0 aliphatic rings. The molecule has 2 rings (SSSR count). The van der Waals surface area contributed by atoms with Crippen molar-refractivity contribution in [2.24, 2.45) is 0 Å². The van der Waals surface area contributed by atoms with Crippen molar-refractivity contribution < 1.29 is 0 Å². The standard InChI is InChI=1S/C21H28N2S/c1-6-20(18-8-7-15(4)16(5)13-18)23-21(24)22-19-11-9-17(10-12-19)14(2)3/h7-14,20H,6H2,1-5H3,(H2,22,23,24)/t20-/m1/s1. The molecular formula is C21H28N2S. The van der Waals surface area contributed by atoms with E-state index in [0.29, 0.717) is 11.0 Å². The number of rotatable bonds is 5. The highest BCUT2D eigenvalue weighted by molar-refractivity contribution is 7.80. The highest BCUT2D eigenvalue weighted by Crippen LogP contribution is 2.21. The first-order valence-electron chi connectivity index (χ1n) is 8.65. The Bertz CT molecular complexity index is 689. The second-order valence-corrected chi connectivity index (χ2v) is 7.09. The van der Waals surface area contributed by atoms with E-state index in [1.807, 2.05) is 0 Å². The molecule has 0 heterocycles. The van der Waals surface area contributed by atoms with Crippen LogP contribution in [0.3, 0.4) is 0 Å². The van der Waals surface area contributed by atoms with Gasteiger partial charge >= 0.3 is 0 Å². The molecule has 3 heteroatoms. The minimum Gasteiger partial charge on any atom is -0.356 e. The molecule has 0 saturated heterocycles. The van der Waals surface area contributed by atoms with Crippen LogP contribution in [0.5, 0.6) is 0 Å². The minimum atomic E-state index is 0.222. The average Bonchev–Trinajstić information content (AvgIpc) is 2.55. The van der Waals surface area contributed by atoms with Gasteiger partial charge in [0.2, 0.25) is 0 Å². The maximum absolute atomic E-state index is 5.50. The molecule has 128 valence electrons. The topological polar surface area (TPSA) is 24.1 Å². The molecule has 0 unspecified atom stereocenters. The van der Waals surface area contributed by atoms with Crippen LogP contribution in [0.15, 0.2) is 42.5 Å². The van der Waals surface area contributed by atoms with Gasteiger partial charge in [0.05, 0.1) is 6.04 Å². The van der Waals surface area contributed by atoms with Crippen LogP contribution in [0.1, 0.15) is 61.4 Å². The number of hydrogen-bond acceptors (Lipinski definition) is 1. The van der Waals surface area contributed by atoms with Gasteiger partial charge in [-0.3, -0.25) is 0 Å². The van der Waals surface area contributed by atoms with E-state index in [1.54, 1.807) is 0 Å². The van der Waals surface area contributed by atoms with Gasteiger partial charge in [0.25, 0.3) is 0 Å². The first-order valence-corrected chi connectivity index (χ1v) is 9.06. The van der Waals surface area contributed by atoms with Gasteiger partial charge in [-0.1, -0.05) is 51.1 Å². The molecule has 0 spiro atoms. The lowest BCUT2D eigenvalue weighted by molar-refractivity contribution is 0.628. The zero-order valence-corrected chi connectivity index (χ0v) is 16.1. The van der Waals surface area contributed by atoms with Crippen LogP contribution in [-0.2, 0) is 0 Å². The fourth-order valence-electron chi connectivity index (χ4n) is 2.68. The normalized spacial score (nSPS) is 12.1. The molecule has 1 atom stereocenters. The zero-order valence-electron chi connectivity index (χ0n) is 15.3. The molecular weight excluding hydrogens is 312 g/mol. The Morgan fingerprint density at radius 3 is 2.12 bits per heavy atom. The van der Waals surface area contributed by atoms with Crippen molar-refractivity contribution in [3.63, 3.8) is 0 Å². The van der Waals surface area contributed by atoms with E-state index < -0.39 is 0 Å². The van der Waals surface area contributed by atoms with Crippen LogP contribution < -0.4 is 10.6 Å². The van der Waals surface area contributed by atoms with Crippen molar-refractivity contribution in [2.45, 2.75) is 53.0 Å². The maximum Gasteiger partial charge on any atom is 0.171 e. The third-order valence-electron chi connectivity index (χ3n) is 4.48. The molecule has 0 radical (unpaired) electrons. The summed E-state index contributed by atoms with van der Waals surface area (Å²) in [5.74, 6) is 0.540. The van der Waals surface area contributed by atoms with E-state index >= 15 is 0 Å². The van der Waals surface area contributed by atoms with Crippen molar-refractivity contribution in [1.29, 1.82) is 0 Å². The van der Waals surface area contributed by atoms with E-state index in [0.717, 1.165) is 12.1 Å². The summed E-state index contributed by atoms with van der Waals surface area (Å²) in [5, 5.41) is 7.39. The summed E-state index contributed by atoms with van der Waals surface area (Å²) in [6.45, 7) is 10.9. The third-order valence-corrected chi connectivity index (χ3v) is 4.70. The van der Waals surface area contributed by atoms with Crippen molar-refractivity contribution in [3.05, 3.63) is 64.7 Å². The first kappa shape index (κ1) is 18.5. The van der Waals surface area contributed by atoms with E-state index in [4.69, 9.17) is 12.2 Å². The van der Waals surface area contributed by atoms with Crippen LogP contribution in [0, 0.1) is 13.8 Å². The Morgan fingerprint density at radius 1 is 0.958 bits per heavy atom. The lowest BCUT2D eigenvalue weighted by atomic mass is 9.99. The smallest absolute Gasteiger partial charge is 0.171 e. The van der Waals surface area contributed by atoms with Gasteiger partial charge < -0.3 is 10.6 Å². The Labute approximate surface area is 151 Å². The molecule has 2 aromatic rings. The zero-order chi connectivity index (χ0) is 17.7. The van der Waals surface area contributed by atoms with E-state index in [1.165, 1.54) is 22.3 Å².